The number of carbonyl (C=O) groups excluding carboxylic acids is 1. The molecule has 5 heteroatoms. The van der Waals surface area contributed by atoms with E-state index in [2.05, 4.69) is 21.9 Å². The van der Waals surface area contributed by atoms with Crippen molar-refractivity contribution in [2.45, 2.75) is 25.3 Å². The molecule has 1 aromatic heterocycles. The number of hydrogen-bond donors (Lipinski definition) is 2. The molecule has 1 saturated heterocycles. The Morgan fingerprint density at radius 3 is 3.18 bits per heavy atom. The third-order valence-electron chi connectivity index (χ3n) is 3.36. The molecule has 0 spiro atoms. The summed E-state index contributed by atoms with van der Waals surface area (Å²) in [5, 5.41) is 10.1. The van der Waals surface area contributed by atoms with Crippen LogP contribution in [0.5, 0.6) is 0 Å². The average Bonchev–Trinajstić information content (AvgIpc) is 2.74. The SMILES string of the molecule is CNC(=O)C1CC(Cc2cnn(C)c2)CCN1. The van der Waals surface area contributed by atoms with Crippen LogP contribution in [0.25, 0.3) is 0 Å². The van der Waals surface area contributed by atoms with Crippen LogP contribution in [0, 0.1) is 5.92 Å². The van der Waals surface area contributed by atoms with Crippen LogP contribution in [0.2, 0.25) is 0 Å². The van der Waals surface area contributed by atoms with Crippen molar-refractivity contribution in [3.63, 3.8) is 0 Å². The zero-order valence-corrected chi connectivity index (χ0v) is 10.4. The maximum absolute atomic E-state index is 11.6. The van der Waals surface area contributed by atoms with Gasteiger partial charge in [0.05, 0.1) is 12.2 Å². The first-order chi connectivity index (χ1) is 8.19. The smallest absolute Gasteiger partial charge is 0.236 e. The van der Waals surface area contributed by atoms with Gasteiger partial charge >= 0.3 is 0 Å². The highest BCUT2D eigenvalue weighted by Crippen LogP contribution is 2.20. The lowest BCUT2D eigenvalue weighted by molar-refractivity contribution is -0.123. The van der Waals surface area contributed by atoms with E-state index >= 15 is 0 Å². The van der Waals surface area contributed by atoms with Crippen LogP contribution in [-0.4, -0.2) is 35.3 Å². The second kappa shape index (κ2) is 5.31. The van der Waals surface area contributed by atoms with Gasteiger partial charge in [0.15, 0.2) is 0 Å². The quantitative estimate of drug-likeness (QED) is 0.781. The van der Waals surface area contributed by atoms with E-state index in [1.807, 2.05) is 17.9 Å². The van der Waals surface area contributed by atoms with Gasteiger partial charge in [-0.25, -0.2) is 0 Å². The van der Waals surface area contributed by atoms with E-state index in [0.717, 1.165) is 25.8 Å². The first-order valence-electron chi connectivity index (χ1n) is 6.11. The third kappa shape index (κ3) is 3.06. The number of hydrogen-bond acceptors (Lipinski definition) is 3. The first kappa shape index (κ1) is 12.1. The third-order valence-corrected chi connectivity index (χ3v) is 3.36. The van der Waals surface area contributed by atoms with Crippen LogP contribution < -0.4 is 10.6 Å². The molecule has 2 unspecified atom stereocenters. The summed E-state index contributed by atoms with van der Waals surface area (Å²) in [6.45, 7) is 0.920. The van der Waals surface area contributed by atoms with Crippen LogP contribution in [0.3, 0.4) is 0 Å². The zero-order valence-electron chi connectivity index (χ0n) is 10.4. The van der Waals surface area contributed by atoms with Gasteiger partial charge in [0.1, 0.15) is 0 Å². The molecule has 0 saturated carbocycles. The van der Waals surface area contributed by atoms with Crippen LogP contribution in [0.15, 0.2) is 12.4 Å². The number of amides is 1. The van der Waals surface area contributed by atoms with E-state index in [0.29, 0.717) is 5.92 Å². The number of piperidine rings is 1. The molecule has 5 nitrogen and oxygen atoms in total. The number of aryl methyl sites for hydroxylation is 1. The molecule has 1 aliphatic heterocycles. The largest absolute Gasteiger partial charge is 0.358 e. The minimum absolute atomic E-state index is 0.0320. The van der Waals surface area contributed by atoms with E-state index in [1.54, 1.807) is 7.05 Å². The molecule has 2 heterocycles. The van der Waals surface area contributed by atoms with Crippen molar-refractivity contribution in [1.29, 1.82) is 0 Å². The lowest BCUT2D eigenvalue weighted by Gasteiger charge is -2.28. The molecule has 1 aliphatic rings. The van der Waals surface area contributed by atoms with Crippen molar-refractivity contribution in [2.24, 2.45) is 13.0 Å². The van der Waals surface area contributed by atoms with Crippen molar-refractivity contribution in [3.8, 4) is 0 Å². The van der Waals surface area contributed by atoms with Gasteiger partial charge in [0, 0.05) is 20.3 Å². The molecule has 0 aromatic carbocycles. The molecular formula is C12H20N4O. The summed E-state index contributed by atoms with van der Waals surface area (Å²) in [7, 11) is 3.62. The van der Waals surface area contributed by atoms with Gasteiger partial charge in [-0.1, -0.05) is 0 Å². The van der Waals surface area contributed by atoms with Crippen molar-refractivity contribution in [2.75, 3.05) is 13.6 Å². The number of carbonyl (C=O) groups is 1. The summed E-state index contributed by atoms with van der Waals surface area (Å²) in [5.41, 5.74) is 1.26. The number of aromatic nitrogens is 2. The van der Waals surface area contributed by atoms with Crippen LogP contribution in [0.1, 0.15) is 18.4 Å². The fourth-order valence-corrected chi connectivity index (χ4v) is 2.47. The van der Waals surface area contributed by atoms with E-state index in [4.69, 9.17) is 0 Å². The topological polar surface area (TPSA) is 59.0 Å². The Kier molecular flexibility index (Phi) is 3.78. The maximum Gasteiger partial charge on any atom is 0.236 e. The van der Waals surface area contributed by atoms with Crippen molar-refractivity contribution >= 4 is 5.91 Å². The van der Waals surface area contributed by atoms with Gasteiger partial charge in [-0.3, -0.25) is 9.48 Å². The Morgan fingerprint density at radius 2 is 2.53 bits per heavy atom. The molecule has 1 fully saturated rings. The standard InChI is InChI=1S/C12H20N4O/c1-13-12(17)11-6-9(3-4-14-11)5-10-7-15-16(2)8-10/h7-9,11,14H,3-6H2,1-2H3,(H,13,17). The maximum atomic E-state index is 11.6. The van der Waals surface area contributed by atoms with Gasteiger partial charge in [0.2, 0.25) is 5.91 Å². The number of likely N-dealkylation sites (N-methyl/N-ethyl adjacent to an activating group) is 1. The monoisotopic (exact) mass is 236 g/mol. The van der Waals surface area contributed by atoms with Gasteiger partial charge in [-0.05, 0) is 37.3 Å². The van der Waals surface area contributed by atoms with Crippen molar-refractivity contribution in [3.05, 3.63) is 18.0 Å². The van der Waals surface area contributed by atoms with Gasteiger partial charge in [0.25, 0.3) is 0 Å². The normalized spacial score (nSPS) is 24.6. The summed E-state index contributed by atoms with van der Waals surface area (Å²) < 4.78 is 1.83. The molecule has 0 bridgehead atoms. The minimum Gasteiger partial charge on any atom is -0.358 e. The summed E-state index contributed by atoms with van der Waals surface area (Å²) in [4.78, 5) is 11.6. The Morgan fingerprint density at radius 1 is 1.71 bits per heavy atom. The molecule has 2 rings (SSSR count). The van der Waals surface area contributed by atoms with Crippen molar-refractivity contribution in [1.82, 2.24) is 20.4 Å². The fraction of sp³-hybridized carbons (Fsp3) is 0.667. The minimum atomic E-state index is -0.0320. The molecule has 0 radical (unpaired) electrons. The van der Waals surface area contributed by atoms with E-state index in [9.17, 15) is 4.79 Å². The number of nitrogens with zero attached hydrogens (tertiary/aromatic N) is 2. The second-order valence-electron chi connectivity index (χ2n) is 4.74. The molecule has 94 valence electrons. The van der Waals surface area contributed by atoms with Crippen LogP contribution in [0.4, 0.5) is 0 Å². The average molecular weight is 236 g/mol. The summed E-state index contributed by atoms with van der Waals surface area (Å²) in [5.74, 6) is 0.670. The van der Waals surface area contributed by atoms with E-state index < -0.39 is 0 Å². The Bertz CT molecular complexity index is 388. The highest BCUT2D eigenvalue weighted by atomic mass is 16.2. The number of rotatable bonds is 3. The molecule has 1 aromatic rings. The highest BCUT2D eigenvalue weighted by molar-refractivity contribution is 5.81. The predicted octanol–water partition coefficient (Wildman–Crippen LogP) is 0.0768. The summed E-state index contributed by atoms with van der Waals surface area (Å²) in [6, 6.07) is -0.0320. The van der Waals surface area contributed by atoms with Crippen molar-refractivity contribution < 1.29 is 4.79 Å². The molecular weight excluding hydrogens is 216 g/mol. The van der Waals surface area contributed by atoms with Gasteiger partial charge < -0.3 is 10.6 Å². The summed E-state index contributed by atoms with van der Waals surface area (Å²) >= 11 is 0. The number of nitrogens with one attached hydrogen (secondary N) is 2. The predicted molar refractivity (Wildman–Crippen MR) is 65.5 cm³/mol. The van der Waals surface area contributed by atoms with E-state index in [1.165, 1.54) is 5.56 Å². The lowest BCUT2D eigenvalue weighted by Crippen LogP contribution is -2.48. The fourth-order valence-electron chi connectivity index (χ4n) is 2.47. The van der Waals surface area contributed by atoms with Gasteiger partial charge in [-0.2, -0.15) is 5.10 Å². The lowest BCUT2D eigenvalue weighted by atomic mass is 9.87. The highest BCUT2D eigenvalue weighted by Gasteiger charge is 2.26. The molecule has 1 amide bonds. The molecule has 2 N–H and O–H groups in total. The van der Waals surface area contributed by atoms with Gasteiger partial charge in [-0.15, -0.1) is 0 Å². The van der Waals surface area contributed by atoms with Crippen LogP contribution >= 0.6 is 0 Å². The first-order valence-corrected chi connectivity index (χ1v) is 6.11. The molecule has 2 atom stereocenters. The Labute approximate surface area is 102 Å². The molecule has 0 aliphatic carbocycles. The molecule has 17 heavy (non-hydrogen) atoms. The van der Waals surface area contributed by atoms with E-state index in [-0.39, 0.29) is 11.9 Å². The zero-order chi connectivity index (χ0) is 12.3. The van der Waals surface area contributed by atoms with Crippen LogP contribution in [-0.2, 0) is 18.3 Å². The summed E-state index contributed by atoms with van der Waals surface area (Å²) in [6.07, 6.45) is 7.02. The Hall–Kier alpha value is -1.36. The Balaban J connectivity index is 1.91. The second-order valence-corrected chi connectivity index (χ2v) is 4.74.